The van der Waals surface area contributed by atoms with Gasteiger partial charge in [-0.25, -0.2) is 9.13 Å². The van der Waals surface area contributed by atoms with Gasteiger partial charge in [0.25, 0.3) is 0 Å². The van der Waals surface area contributed by atoms with E-state index in [1.54, 1.807) is 0 Å². The minimum atomic E-state index is -3.71. The summed E-state index contributed by atoms with van der Waals surface area (Å²) in [6.45, 7) is 12.2. The lowest BCUT2D eigenvalue weighted by Gasteiger charge is -2.31. The van der Waals surface area contributed by atoms with Gasteiger partial charge in [-0.2, -0.15) is 10.2 Å². The number of quaternary nitrogens is 2. The first-order valence-corrected chi connectivity index (χ1v) is 22.0. The standard InChI is InChI=1S/C42H62N4O6P2/c1-35-21-11-15-25-39(35)49-53(47,50-40-26-16-12-22-36(40)2)43-29-33-45(5,6)31-19-9-10-20-32-46(7,8)34-30-44-54(48,51-41-27-17-13-23-37(41)3)52-42-28-18-14-24-38(42)4/h11-18,21-28H,9-10,19-20,29-34H2,1-8H3,(H,43,47)(H,44,48)/q+2. The summed E-state index contributed by atoms with van der Waals surface area (Å²) in [4.78, 5) is 0. The van der Waals surface area contributed by atoms with Gasteiger partial charge >= 0.3 is 15.5 Å². The van der Waals surface area contributed by atoms with Crippen LogP contribution in [0.25, 0.3) is 0 Å². The van der Waals surface area contributed by atoms with Gasteiger partial charge in [0, 0.05) is 0 Å². The average Bonchev–Trinajstić information content (AvgIpc) is 3.10. The molecule has 0 spiro atoms. The molecular formula is C42H62N4O6P2+2. The van der Waals surface area contributed by atoms with Gasteiger partial charge in [-0.15, -0.1) is 0 Å². The van der Waals surface area contributed by atoms with Crippen molar-refractivity contribution >= 4 is 15.5 Å². The second-order valence-corrected chi connectivity index (χ2v) is 18.8. The zero-order chi connectivity index (χ0) is 39.2. The van der Waals surface area contributed by atoms with Crippen molar-refractivity contribution in [2.75, 3.05) is 67.5 Å². The Morgan fingerprint density at radius 2 is 0.685 bits per heavy atom. The molecule has 4 rings (SSSR count). The summed E-state index contributed by atoms with van der Waals surface area (Å²) < 4.78 is 53.8. The number of likely N-dealkylation sites (N-methyl/N-ethyl adjacent to an activating group) is 2. The number of rotatable bonds is 23. The molecule has 0 aliphatic heterocycles. The van der Waals surface area contributed by atoms with Crippen LogP contribution in [0.15, 0.2) is 97.1 Å². The van der Waals surface area contributed by atoms with E-state index in [2.05, 4.69) is 38.4 Å². The second kappa shape index (κ2) is 19.8. The lowest BCUT2D eigenvalue weighted by atomic mass is 10.1. The van der Waals surface area contributed by atoms with E-state index in [0.717, 1.165) is 83.1 Å². The molecule has 4 aromatic carbocycles. The molecule has 0 saturated heterocycles. The highest BCUT2D eigenvalue weighted by Gasteiger charge is 2.32. The Balaban J connectivity index is 1.20. The maximum absolute atomic E-state index is 14.0. The van der Waals surface area contributed by atoms with Crippen molar-refractivity contribution in [1.82, 2.24) is 10.2 Å². The van der Waals surface area contributed by atoms with Crippen molar-refractivity contribution in [3.8, 4) is 23.0 Å². The zero-order valence-corrected chi connectivity index (χ0v) is 35.3. The van der Waals surface area contributed by atoms with Crippen molar-refractivity contribution in [3.63, 3.8) is 0 Å². The Hall–Kier alpha value is -3.62. The molecular weight excluding hydrogens is 718 g/mol. The predicted molar refractivity (Wildman–Crippen MR) is 221 cm³/mol. The fraction of sp³-hybridized carbons (Fsp3) is 0.429. The van der Waals surface area contributed by atoms with Crippen molar-refractivity contribution in [2.45, 2.75) is 53.4 Å². The summed E-state index contributed by atoms with van der Waals surface area (Å²) in [6, 6.07) is 30.1. The third kappa shape index (κ3) is 14.2. The Labute approximate surface area is 324 Å². The van der Waals surface area contributed by atoms with Gasteiger partial charge in [-0.05, 0) is 99.9 Å². The molecule has 0 unspecified atom stereocenters. The first-order valence-electron chi connectivity index (χ1n) is 18.9. The van der Waals surface area contributed by atoms with Gasteiger partial charge in [-0.1, -0.05) is 72.8 Å². The van der Waals surface area contributed by atoms with E-state index in [4.69, 9.17) is 18.1 Å². The third-order valence-electron chi connectivity index (χ3n) is 9.57. The van der Waals surface area contributed by atoms with Crippen LogP contribution in [0, 0.1) is 27.7 Å². The molecule has 2 N–H and O–H groups in total. The number of nitrogens with one attached hydrogen (secondary N) is 2. The van der Waals surface area contributed by atoms with E-state index < -0.39 is 15.5 Å². The van der Waals surface area contributed by atoms with Gasteiger partial charge < -0.3 is 27.1 Å². The first kappa shape index (κ1) is 43.1. The molecule has 0 aliphatic rings. The molecule has 0 bridgehead atoms. The largest absolute Gasteiger partial charge is 0.513 e. The van der Waals surface area contributed by atoms with E-state index in [0.29, 0.717) is 36.1 Å². The van der Waals surface area contributed by atoms with Crippen molar-refractivity contribution < 1.29 is 36.2 Å². The van der Waals surface area contributed by atoms with E-state index in [1.807, 2.05) is 125 Å². The van der Waals surface area contributed by atoms with Crippen LogP contribution < -0.4 is 28.3 Å². The summed E-state index contributed by atoms with van der Waals surface area (Å²) in [5.74, 6) is 2.14. The number of aryl methyl sites for hydroxylation is 4. The van der Waals surface area contributed by atoms with Crippen molar-refractivity contribution in [3.05, 3.63) is 119 Å². The maximum Gasteiger partial charge on any atom is 0.513 e. The molecule has 54 heavy (non-hydrogen) atoms. The van der Waals surface area contributed by atoms with Crippen molar-refractivity contribution in [2.24, 2.45) is 0 Å². The summed E-state index contributed by atoms with van der Waals surface area (Å²) in [5, 5.41) is 6.28. The molecule has 0 fully saturated rings. The Morgan fingerprint density at radius 3 is 0.944 bits per heavy atom. The van der Waals surface area contributed by atoms with Crippen LogP contribution in [0.2, 0.25) is 0 Å². The average molecular weight is 781 g/mol. The van der Waals surface area contributed by atoms with Crippen LogP contribution in [0.5, 0.6) is 23.0 Å². The summed E-state index contributed by atoms with van der Waals surface area (Å²) in [7, 11) is 1.39. The predicted octanol–water partition coefficient (Wildman–Crippen LogP) is 9.64. The quantitative estimate of drug-likeness (QED) is 0.0437. The number of unbranched alkanes of at least 4 members (excludes halogenated alkanes) is 3. The zero-order valence-electron chi connectivity index (χ0n) is 33.5. The molecule has 0 radical (unpaired) electrons. The highest BCUT2D eigenvalue weighted by Crippen LogP contribution is 2.47. The summed E-state index contributed by atoms with van der Waals surface area (Å²) in [6.07, 6.45) is 4.44. The maximum atomic E-state index is 14.0. The lowest BCUT2D eigenvalue weighted by molar-refractivity contribution is -0.890. The summed E-state index contributed by atoms with van der Waals surface area (Å²) >= 11 is 0. The number of benzene rings is 4. The van der Waals surface area contributed by atoms with E-state index in [9.17, 15) is 9.13 Å². The molecule has 4 aromatic rings. The molecule has 0 aromatic heterocycles. The van der Waals surface area contributed by atoms with Crippen molar-refractivity contribution in [1.29, 1.82) is 0 Å². The first-order chi connectivity index (χ1) is 25.6. The fourth-order valence-electron chi connectivity index (χ4n) is 5.96. The Kier molecular flexibility index (Phi) is 15.8. The van der Waals surface area contributed by atoms with Crippen LogP contribution >= 0.6 is 15.5 Å². The topological polar surface area (TPSA) is 95.1 Å². The Morgan fingerprint density at radius 1 is 0.426 bits per heavy atom. The molecule has 0 aliphatic carbocycles. The SMILES string of the molecule is Cc1ccccc1OP(=O)(NCC[N+](C)(C)CCCCCC[N+](C)(C)CCNP(=O)(Oc1ccccc1C)Oc1ccccc1C)Oc1ccccc1C. The van der Waals surface area contributed by atoms with Gasteiger partial charge in [0.1, 0.15) is 23.0 Å². The molecule has 294 valence electrons. The van der Waals surface area contributed by atoms with E-state index in [-0.39, 0.29) is 0 Å². The monoisotopic (exact) mass is 780 g/mol. The van der Waals surface area contributed by atoms with Gasteiger partial charge in [0.15, 0.2) is 0 Å². The highest BCUT2D eigenvalue weighted by molar-refractivity contribution is 7.52. The molecule has 12 heteroatoms. The smallest absolute Gasteiger partial charge is 0.404 e. The van der Waals surface area contributed by atoms with Gasteiger partial charge in [-0.3, -0.25) is 0 Å². The minimum absolute atomic E-state index is 0.473. The molecule has 0 atom stereocenters. The van der Waals surface area contributed by atoms with Gasteiger partial charge in [0.05, 0.1) is 67.5 Å². The highest BCUT2D eigenvalue weighted by atomic mass is 31.2. The number of hydrogen-bond donors (Lipinski definition) is 2. The fourth-order valence-corrected chi connectivity index (χ4v) is 8.89. The number of hydrogen-bond acceptors (Lipinski definition) is 6. The van der Waals surface area contributed by atoms with E-state index >= 15 is 0 Å². The molecule has 0 saturated carbocycles. The molecule has 0 amide bonds. The van der Waals surface area contributed by atoms with Crippen LogP contribution in [0.3, 0.4) is 0 Å². The minimum Gasteiger partial charge on any atom is -0.404 e. The third-order valence-corrected chi connectivity index (χ3v) is 12.5. The summed E-state index contributed by atoms with van der Waals surface area (Å²) in [5.41, 5.74) is 3.56. The van der Waals surface area contributed by atoms with E-state index in [1.165, 1.54) is 0 Å². The normalized spacial score (nSPS) is 12.4. The molecule has 10 nitrogen and oxygen atoms in total. The van der Waals surface area contributed by atoms with Crippen LogP contribution in [0.4, 0.5) is 0 Å². The van der Waals surface area contributed by atoms with Crippen LogP contribution in [-0.2, 0) is 9.13 Å². The van der Waals surface area contributed by atoms with Crippen LogP contribution in [0.1, 0.15) is 47.9 Å². The Bertz CT molecular complexity index is 1650. The number of nitrogens with zero attached hydrogens (tertiary/aromatic N) is 2. The number of para-hydroxylation sites is 4. The second-order valence-electron chi connectivity index (χ2n) is 15.4. The van der Waals surface area contributed by atoms with Gasteiger partial charge in [0.2, 0.25) is 0 Å². The molecule has 0 heterocycles. The van der Waals surface area contributed by atoms with Crippen LogP contribution in [-0.4, -0.2) is 76.4 Å². The lowest BCUT2D eigenvalue weighted by Crippen LogP contribution is -2.45.